The number of rotatable bonds is 3. The standard InChI is InChI=1S/C17H12ClN3O2S2/c18-11-6-2-1-5-10(11)16-20-21-17(25-16)19-15(22)13-9-24-14-8-4-3-7-12(14)23-13/h1-8,13H,9H2,(H,19,21,22)/t13-/m1/s1. The average molecular weight is 390 g/mol. The molecule has 1 aliphatic rings. The molecule has 1 atom stereocenters. The quantitative estimate of drug-likeness (QED) is 0.721. The van der Waals surface area contributed by atoms with Crippen molar-refractivity contribution in [1.29, 1.82) is 0 Å². The zero-order valence-electron chi connectivity index (χ0n) is 12.8. The molecule has 25 heavy (non-hydrogen) atoms. The van der Waals surface area contributed by atoms with Crippen LogP contribution in [0, 0.1) is 0 Å². The Balaban J connectivity index is 1.47. The molecule has 1 aromatic heterocycles. The molecule has 0 bridgehead atoms. The summed E-state index contributed by atoms with van der Waals surface area (Å²) in [7, 11) is 0. The molecule has 1 aliphatic heterocycles. The maximum absolute atomic E-state index is 12.5. The molecule has 0 saturated heterocycles. The van der Waals surface area contributed by atoms with Crippen LogP contribution in [0.2, 0.25) is 5.02 Å². The van der Waals surface area contributed by atoms with Crippen molar-refractivity contribution in [3.05, 3.63) is 53.6 Å². The van der Waals surface area contributed by atoms with E-state index in [1.54, 1.807) is 17.8 Å². The molecule has 5 nitrogen and oxygen atoms in total. The largest absolute Gasteiger partial charge is 0.479 e. The maximum Gasteiger partial charge on any atom is 0.268 e. The van der Waals surface area contributed by atoms with Gasteiger partial charge >= 0.3 is 0 Å². The maximum atomic E-state index is 12.5. The second-order valence-electron chi connectivity index (χ2n) is 5.25. The molecule has 0 unspecified atom stereocenters. The Morgan fingerprint density at radius 2 is 1.96 bits per heavy atom. The molecule has 0 spiro atoms. The van der Waals surface area contributed by atoms with Crippen LogP contribution in [0.4, 0.5) is 5.13 Å². The topological polar surface area (TPSA) is 64.1 Å². The van der Waals surface area contributed by atoms with Crippen molar-refractivity contribution in [2.45, 2.75) is 11.0 Å². The van der Waals surface area contributed by atoms with Gasteiger partial charge in [-0.2, -0.15) is 0 Å². The molecule has 0 aliphatic carbocycles. The molecule has 1 N–H and O–H groups in total. The van der Waals surface area contributed by atoms with Gasteiger partial charge in [0, 0.05) is 16.2 Å². The summed E-state index contributed by atoms with van der Waals surface area (Å²) >= 11 is 9.05. The van der Waals surface area contributed by atoms with E-state index in [1.807, 2.05) is 42.5 Å². The fraction of sp³-hybridized carbons (Fsp3) is 0.118. The highest BCUT2D eigenvalue weighted by molar-refractivity contribution is 7.99. The molecule has 0 radical (unpaired) electrons. The monoisotopic (exact) mass is 389 g/mol. The highest BCUT2D eigenvalue weighted by atomic mass is 35.5. The van der Waals surface area contributed by atoms with E-state index in [0.29, 0.717) is 20.9 Å². The lowest BCUT2D eigenvalue weighted by atomic mass is 10.2. The molecule has 3 aromatic rings. The summed E-state index contributed by atoms with van der Waals surface area (Å²) in [5, 5.41) is 12.6. The van der Waals surface area contributed by atoms with Crippen LogP contribution in [0.25, 0.3) is 10.6 Å². The van der Waals surface area contributed by atoms with Gasteiger partial charge in [0.05, 0.1) is 5.02 Å². The van der Waals surface area contributed by atoms with Crippen LogP contribution in [0.3, 0.4) is 0 Å². The predicted octanol–water partition coefficient (Wildman–Crippen LogP) is 4.35. The summed E-state index contributed by atoms with van der Waals surface area (Å²) < 4.78 is 5.78. The molecule has 126 valence electrons. The van der Waals surface area contributed by atoms with Gasteiger partial charge in [-0.3, -0.25) is 10.1 Å². The molecule has 0 saturated carbocycles. The number of anilines is 1. The Hall–Kier alpha value is -2.09. The lowest BCUT2D eigenvalue weighted by Crippen LogP contribution is -2.36. The van der Waals surface area contributed by atoms with Gasteiger partial charge in [0.2, 0.25) is 5.13 Å². The molecule has 2 aromatic carbocycles. The minimum absolute atomic E-state index is 0.233. The third-order valence-electron chi connectivity index (χ3n) is 3.56. The third-order valence-corrected chi connectivity index (χ3v) is 5.88. The first-order valence-electron chi connectivity index (χ1n) is 7.48. The number of hydrogen-bond acceptors (Lipinski definition) is 6. The van der Waals surface area contributed by atoms with Crippen molar-refractivity contribution in [3.8, 4) is 16.3 Å². The van der Waals surface area contributed by atoms with Gasteiger partial charge in [-0.15, -0.1) is 22.0 Å². The van der Waals surface area contributed by atoms with Crippen molar-refractivity contribution in [2.75, 3.05) is 11.1 Å². The zero-order chi connectivity index (χ0) is 17.2. The predicted molar refractivity (Wildman–Crippen MR) is 101 cm³/mol. The Kier molecular flexibility index (Phi) is 4.61. The summed E-state index contributed by atoms with van der Waals surface area (Å²) in [5.74, 6) is 1.05. The number of ether oxygens (including phenoxy) is 1. The SMILES string of the molecule is O=C(Nc1nnc(-c2ccccc2Cl)s1)[C@H]1CSc2ccccc2O1. The normalized spacial score (nSPS) is 16.0. The highest BCUT2D eigenvalue weighted by Crippen LogP contribution is 2.36. The first-order valence-corrected chi connectivity index (χ1v) is 9.66. The first kappa shape index (κ1) is 16.4. The van der Waals surface area contributed by atoms with E-state index < -0.39 is 6.10 Å². The number of para-hydroxylation sites is 1. The summed E-state index contributed by atoms with van der Waals surface area (Å²) in [6.45, 7) is 0. The summed E-state index contributed by atoms with van der Waals surface area (Å²) in [6.07, 6.45) is -0.562. The Morgan fingerprint density at radius 3 is 2.84 bits per heavy atom. The first-order chi connectivity index (χ1) is 12.2. The molecule has 0 fully saturated rings. The van der Waals surface area contributed by atoms with Gasteiger partial charge in [0.1, 0.15) is 5.75 Å². The van der Waals surface area contributed by atoms with Crippen LogP contribution in [0.5, 0.6) is 5.75 Å². The van der Waals surface area contributed by atoms with Crippen LogP contribution < -0.4 is 10.1 Å². The lowest BCUT2D eigenvalue weighted by molar-refractivity contribution is -0.122. The van der Waals surface area contributed by atoms with Gasteiger partial charge in [-0.25, -0.2) is 0 Å². The minimum Gasteiger partial charge on any atom is -0.479 e. The number of amides is 1. The average Bonchev–Trinajstić information content (AvgIpc) is 3.10. The van der Waals surface area contributed by atoms with Gasteiger partial charge in [-0.05, 0) is 18.2 Å². The van der Waals surface area contributed by atoms with E-state index in [1.165, 1.54) is 11.3 Å². The summed E-state index contributed by atoms with van der Waals surface area (Å²) in [4.78, 5) is 13.5. The second kappa shape index (κ2) is 7.03. The van der Waals surface area contributed by atoms with Crippen LogP contribution >= 0.6 is 34.7 Å². The number of fused-ring (bicyclic) bond motifs is 1. The van der Waals surface area contributed by atoms with Crippen molar-refractivity contribution in [2.24, 2.45) is 0 Å². The molecule has 8 heteroatoms. The number of aromatic nitrogens is 2. The van der Waals surface area contributed by atoms with Crippen LogP contribution in [0.1, 0.15) is 0 Å². The van der Waals surface area contributed by atoms with E-state index in [2.05, 4.69) is 15.5 Å². The molecule has 2 heterocycles. The number of carbonyl (C=O) groups is 1. The Morgan fingerprint density at radius 1 is 1.16 bits per heavy atom. The minimum atomic E-state index is -0.562. The zero-order valence-corrected chi connectivity index (χ0v) is 15.2. The smallest absolute Gasteiger partial charge is 0.268 e. The summed E-state index contributed by atoms with van der Waals surface area (Å²) in [5.41, 5.74) is 0.792. The number of nitrogens with one attached hydrogen (secondary N) is 1. The summed E-state index contributed by atoms with van der Waals surface area (Å²) in [6, 6.07) is 15.1. The molecule has 4 rings (SSSR count). The number of thioether (sulfide) groups is 1. The third kappa shape index (κ3) is 3.49. The Bertz CT molecular complexity index is 932. The van der Waals surface area contributed by atoms with E-state index in [-0.39, 0.29) is 5.91 Å². The van der Waals surface area contributed by atoms with Crippen molar-refractivity contribution >= 4 is 45.7 Å². The lowest BCUT2D eigenvalue weighted by Gasteiger charge is -2.24. The number of nitrogens with zero attached hydrogens (tertiary/aromatic N) is 2. The number of hydrogen-bond donors (Lipinski definition) is 1. The number of carbonyl (C=O) groups excluding carboxylic acids is 1. The van der Waals surface area contributed by atoms with E-state index in [9.17, 15) is 4.79 Å². The highest BCUT2D eigenvalue weighted by Gasteiger charge is 2.27. The Labute approximate surface area is 157 Å². The van der Waals surface area contributed by atoms with Gasteiger partial charge < -0.3 is 4.74 Å². The van der Waals surface area contributed by atoms with Crippen molar-refractivity contribution in [1.82, 2.24) is 10.2 Å². The number of halogens is 1. The fourth-order valence-corrected chi connectivity index (χ4v) is 4.40. The van der Waals surface area contributed by atoms with Crippen LogP contribution in [-0.4, -0.2) is 28.0 Å². The number of benzene rings is 2. The van der Waals surface area contributed by atoms with Crippen molar-refractivity contribution < 1.29 is 9.53 Å². The van der Waals surface area contributed by atoms with E-state index >= 15 is 0 Å². The van der Waals surface area contributed by atoms with Crippen LogP contribution in [0.15, 0.2) is 53.4 Å². The van der Waals surface area contributed by atoms with Gasteiger partial charge in [0.15, 0.2) is 11.1 Å². The van der Waals surface area contributed by atoms with E-state index in [0.717, 1.165) is 16.2 Å². The van der Waals surface area contributed by atoms with Gasteiger partial charge in [-0.1, -0.05) is 53.3 Å². The molecule has 1 amide bonds. The molecular formula is C17H12ClN3O2S2. The van der Waals surface area contributed by atoms with E-state index in [4.69, 9.17) is 16.3 Å². The van der Waals surface area contributed by atoms with Crippen LogP contribution in [-0.2, 0) is 4.79 Å². The fourth-order valence-electron chi connectivity index (χ4n) is 2.35. The second-order valence-corrected chi connectivity index (χ2v) is 7.69. The molecular weight excluding hydrogens is 378 g/mol. The van der Waals surface area contributed by atoms with Crippen molar-refractivity contribution in [3.63, 3.8) is 0 Å². The van der Waals surface area contributed by atoms with Gasteiger partial charge in [0.25, 0.3) is 5.91 Å².